The molecule has 1 aromatic heterocycles. The first-order valence-electron chi connectivity index (χ1n) is 6.94. The van der Waals surface area contributed by atoms with Gasteiger partial charge in [0.1, 0.15) is 0 Å². The summed E-state index contributed by atoms with van der Waals surface area (Å²) in [6, 6.07) is 10.9. The summed E-state index contributed by atoms with van der Waals surface area (Å²) < 4.78 is 1.01. The molecule has 20 heavy (non-hydrogen) atoms. The van der Waals surface area contributed by atoms with Crippen molar-refractivity contribution in [3.8, 4) is 10.4 Å². The Morgan fingerprint density at radius 1 is 1.25 bits per heavy atom. The molecule has 0 aliphatic heterocycles. The Labute approximate surface area is 138 Å². The van der Waals surface area contributed by atoms with E-state index in [1.165, 1.54) is 22.6 Å². The molecule has 1 nitrogen and oxygen atoms in total. The van der Waals surface area contributed by atoms with E-state index in [1.54, 1.807) is 0 Å². The zero-order valence-corrected chi connectivity index (χ0v) is 14.9. The standard InChI is InChI=1S/C16H19BrClNS/c1-3-5-14(19-4-2)16-9-8-15(20-16)12-7-6-11(17)10-13(12)18/h6-10,14,19H,3-5H2,1-2H3. The van der Waals surface area contributed by atoms with E-state index in [4.69, 9.17) is 11.6 Å². The molecule has 4 heteroatoms. The minimum Gasteiger partial charge on any atom is -0.310 e. The first-order chi connectivity index (χ1) is 9.65. The van der Waals surface area contributed by atoms with Gasteiger partial charge in [0.05, 0.1) is 5.02 Å². The lowest BCUT2D eigenvalue weighted by Crippen LogP contribution is -2.19. The summed E-state index contributed by atoms with van der Waals surface area (Å²) in [5.74, 6) is 0. The molecule has 0 radical (unpaired) electrons. The predicted octanol–water partition coefficient (Wildman–Crippen LogP) is 6.28. The number of thiophene rings is 1. The second kappa shape index (κ2) is 7.60. The van der Waals surface area contributed by atoms with E-state index in [0.29, 0.717) is 6.04 Å². The Hall–Kier alpha value is -0.350. The van der Waals surface area contributed by atoms with Gasteiger partial charge in [0.15, 0.2) is 0 Å². The summed E-state index contributed by atoms with van der Waals surface area (Å²) in [6.45, 7) is 5.38. The SMILES string of the molecule is CCCC(NCC)c1ccc(-c2ccc(Br)cc2Cl)s1. The molecule has 0 bridgehead atoms. The maximum absolute atomic E-state index is 6.34. The third kappa shape index (κ3) is 3.85. The van der Waals surface area contributed by atoms with Crippen LogP contribution in [-0.4, -0.2) is 6.54 Å². The van der Waals surface area contributed by atoms with Gasteiger partial charge in [-0.05, 0) is 37.2 Å². The fourth-order valence-corrected chi connectivity index (χ4v) is 4.24. The van der Waals surface area contributed by atoms with Crippen LogP contribution in [0.5, 0.6) is 0 Å². The molecule has 0 aliphatic carbocycles. The summed E-state index contributed by atoms with van der Waals surface area (Å²) in [6.07, 6.45) is 2.35. The Morgan fingerprint density at radius 2 is 2.05 bits per heavy atom. The lowest BCUT2D eigenvalue weighted by molar-refractivity contribution is 0.516. The molecule has 1 heterocycles. The number of nitrogens with one attached hydrogen (secondary N) is 1. The molecule has 2 rings (SSSR count). The molecule has 1 N–H and O–H groups in total. The van der Waals surface area contributed by atoms with Crippen LogP contribution in [0.2, 0.25) is 5.02 Å². The highest BCUT2D eigenvalue weighted by Gasteiger charge is 2.13. The van der Waals surface area contributed by atoms with E-state index in [9.17, 15) is 0 Å². The van der Waals surface area contributed by atoms with Crippen molar-refractivity contribution in [3.63, 3.8) is 0 Å². The third-order valence-corrected chi connectivity index (χ3v) is 5.23. The van der Waals surface area contributed by atoms with Crippen LogP contribution >= 0.6 is 38.9 Å². The van der Waals surface area contributed by atoms with Crippen LogP contribution < -0.4 is 5.32 Å². The van der Waals surface area contributed by atoms with Crippen LogP contribution in [0.15, 0.2) is 34.8 Å². The van der Waals surface area contributed by atoms with Crippen molar-refractivity contribution in [1.82, 2.24) is 5.32 Å². The van der Waals surface area contributed by atoms with E-state index in [1.807, 2.05) is 23.5 Å². The smallest absolute Gasteiger partial charge is 0.0503 e. The molecule has 0 saturated carbocycles. The summed E-state index contributed by atoms with van der Waals surface area (Å²) in [5, 5.41) is 4.35. The second-order valence-electron chi connectivity index (χ2n) is 4.73. The van der Waals surface area contributed by atoms with E-state index in [2.05, 4.69) is 53.3 Å². The van der Waals surface area contributed by atoms with Crippen LogP contribution in [0, 0.1) is 0 Å². The van der Waals surface area contributed by atoms with Gasteiger partial charge >= 0.3 is 0 Å². The minimum absolute atomic E-state index is 0.456. The van der Waals surface area contributed by atoms with Crippen molar-refractivity contribution in [3.05, 3.63) is 44.7 Å². The molecule has 0 spiro atoms. The van der Waals surface area contributed by atoms with E-state index in [0.717, 1.165) is 21.6 Å². The first-order valence-corrected chi connectivity index (χ1v) is 8.93. The zero-order valence-electron chi connectivity index (χ0n) is 11.7. The molecule has 0 saturated heterocycles. The number of hydrogen-bond acceptors (Lipinski definition) is 2. The predicted molar refractivity (Wildman–Crippen MR) is 93.8 cm³/mol. The Bertz CT molecular complexity index is 561. The maximum atomic E-state index is 6.34. The first kappa shape index (κ1) is 16.0. The Morgan fingerprint density at radius 3 is 2.70 bits per heavy atom. The van der Waals surface area contributed by atoms with Gasteiger partial charge in [-0.1, -0.05) is 53.9 Å². The van der Waals surface area contributed by atoms with Gasteiger partial charge in [-0.25, -0.2) is 0 Å². The summed E-state index contributed by atoms with van der Waals surface area (Å²) in [7, 11) is 0. The zero-order chi connectivity index (χ0) is 14.5. The maximum Gasteiger partial charge on any atom is 0.0503 e. The van der Waals surface area contributed by atoms with Gasteiger partial charge in [-0.2, -0.15) is 0 Å². The summed E-state index contributed by atoms with van der Waals surface area (Å²) in [4.78, 5) is 2.62. The number of halogens is 2. The van der Waals surface area contributed by atoms with Crippen molar-refractivity contribution in [2.24, 2.45) is 0 Å². The van der Waals surface area contributed by atoms with Gasteiger partial charge < -0.3 is 5.32 Å². The van der Waals surface area contributed by atoms with Crippen molar-refractivity contribution >= 4 is 38.9 Å². The van der Waals surface area contributed by atoms with E-state index < -0.39 is 0 Å². The Kier molecular flexibility index (Phi) is 6.09. The quantitative estimate of drug-likeness (QED) is 0.629. The van der Waals surface area contributed by atoms with Crippen LogP contribution in [0.25, 0.3) is 10.4 Å². The van der Waals surface area contributed by atoms with Crippen LogP contribution in [-0.2, 0) is 0 Å². The summed E-state index contributed by atoms with van der Waals surface area (Å²) >= 11 is 11.6. The van der Waals surface area contributed by atoms with E-state index in [-0.39, 0.29) is 0 Å². The van der Waals surface area contributed by atoms with Gasteiger partial charge in [-0.3, -0.25) is 0 Å². The van der Waals surface area contributed by atoms with Gasteiger partial charge in [-0.15, -0.1) is 11.3 Å². The average Bonchev–Trinajstić information content (AvgIpc) is 2.88. The molecular formula is C16H19BrClNS. The molecule has 0 fully saturated rings. The number of rotatable bonds is 6. The van der Waals surface area contributed by atoms with Gasteiger partial charge in [0.25, 0.3) is 0 Å². The molecule has 0 aliphatic rings. The highest BCUT2D eigenvalue weighted by atomic mass is 79.9. The lowest BCUT2D eigenvalue weighted by atomic mass is 10.1. The fourth-order valence-electron chi connectivity index (χ4n) is 2.25. The number of benzene rings is 1. The van der Waals surface area contributed by atoms with Gasteiger partial charge in [0, 0.05) is 25.8 Å². The Balaban J connectivity index is 2.27. The second-order valence-corrected chi connectivity index (χ2v) is 7.16. The molecule has 1 unspecified atom stereocenters. The molecule has 108 valence electrons. The van der Waals surface area contributed by atoms with Crippen LogP contribution in [0.4, 0.5) is 0 Å². The van der Waals surface area contributed by atoms with Crippen molar-refractivity contribution in [1.29, 1.82) is 0 Å². The van der Waals surface area contributed by atoms with E-state index >= 15 is 0 Å². The average molecular weight is 373 g/mol. The summed E-state index contributed by atoms with van der Waals surface area (Å²) in [5.41, 5.74) is 1.11. The molecule has 1 atom stereocenters. The van der Waals surface area contributed by atoms with Crippen molar-refractivity contribution in [2.45, 2.75) is 32.7 Å². The van der Waals surface area contributed by atoms with Crippen molar-refractivity contribution in [2.75, 3.05) is 6.54 Å². The monoisotopic (exact) mass is 371 g/mol. The lowest BCUT2D eigenvalue weighted by Gasteiger charge is -2.15. The fraction of sp³-hybridized carbons (Fsp3) is 0.375. The normalized spacial score (nSPS) is 12.6. The van der Waals surface area contributed by atoms with Crippen LogP contribution in [0.1, 0.15) is 37.6 Å². The third-order valence-electron chi connectivity index (χ3n) is 3.19. The molecular weight excluding hydrogens is 354 g/mol. The number of hydrogen-bond donors (Lipinski definition) is 1. The van der Waals surface area contributed by atoms with Crippen molar-refractivity contribution < 1.29 is 0 Å². The largest absolute Gasteiger partial charge is 0.310 e. The van der Waals surface area contributed by atoms with Crippen LogP contribution in [0.3, 0.4) is 0 Å². The van der Waals surface area contributed by atoms with Gasteiger partial charge in [0.2, 0.25) is 0 Å². The molecule has 0 amide bonds. The minimum atomic E-state index is 0.456. The molecule has 2 aromatic rings. The highest BCUT2D eigenvalue weighted by molar-refractivity contribution is 9.10. The molecule has 1 aromatic carbocycles. The highest BCUT2D eigenvalue weighted by Crippen LogP contribution is 2.37. The topological polar surface area (TPSA) is 12.0 Å².